The standard InChI is InChI=1S/C15H25NO/c1-3-5-6-7-12-17-14-10-8-13(9-11-14)15(16)4-2/h8-11,15H,3-7,12,16H2,1-2H3/t15-/m0/s1. The number of nitrogens with two attached hydrogens (primary N) is 1. The smallest absolute Gasteiger partial charge is 0.119 e. The molecule has 1 rings (SSSR count). The van der Waals surface area contributed by atoms with E-state index in [1.165, 1.54) is 24.8 Å². The minimum Gasteiger partial charge on any atom is -0.494 e. The summed E-state index contributed by atoms with van der Waals surface area (Å²) < 4.78 is 5.68. The predicted molar refractivity (Wildman–Crippen MR) is 73.3 cm³/mol. The Morgan fingerprint density at radius 1 is 1.06 bits per heavy atom. The molecule has 0 aliphatic carbocycles. The fraction of sp³-hybridized carbons (Fsp3) is 0.600. The fourth-order valence-electron chi connectivity index (χ4n) is 1.77. The zero-order chi connectivity index (χ0) is 12.5. The van der Waals surface area contributed by atoms with Crippen molar-refractivity contribution in [3.8, 4) is 5.75 Å². The second kappa shape index (κ2) is 8.13. The molecular weight excluding hydrogens is 210 g/mol. The van der Waals surface area contributed by atoms with Gasteiger partial charge in [-0.05, 0) is 30.5 Å². The minimum atomic E-state index is 0.147. The van der Waals surface area contributed by atoms with E-state index in [4.69, 9.17) is 10.5 Å². The van der Waals surface area contributed by atoms with Crippen molar-refractivity contribution >= 4 is 0 Å². The number of rotatable bonds is 8. The topological polar surface area (TPSA) is 35.2 Å². The molecule has 0 saturated heterocycles. The molecule has 1 aromatic rings. The van der Waals surface area contributed by atoms with Crippen LogP contribution in [0.25, 0.3) is 0 Å². The van der Waals surface area contributed by atoms with E-state index >= 15 is 0 Å². The molecule has 96 valence electrons. The van der Waals surface area contributed by atoms with E-state index in [1.807, 2.05) is 12.1 Å². The Labute approximate surface area is 105 Å². The zero-order valence-corrected chi connectivity index (χ0v) is 11.1. The van der Waals surface area contributed by atoms with Gasteiger partial charge in [-0.1, -0.05) is 45.2 Å². The molecule has 0 amide bonds. The quantitative estimate of drug-likeness (QED) is 0.690. The van der Waals surface area contributed by atoms with Crippen LogP contribution in [0, 0.1) is 0 Å². The highest BCUT2D eigenvalue weighted by molar-refractivity contribution is 5.28. The molecule has 0 radical (unpaired) electrons. The summed E-state index contributed by atoms with van der Waals surface area (Å²) in [6.07, 6.45) is 5.94. The predicted octanol–water partition coefficient (Wildman–Crippen LogP) is 4.06. The van der Waals surface area contributed by atoms with Gasteiger partial charge in [0.1, 0.15) is 5.75 Å². The number of unbranched alkanes of at least 4 members (excludes halogenated alkanes) is 3. The van der Waals surface area contributed by atoms with Crippen LogP contribution < -0.4 is 10.5 Å². The van der Waals surface area contributed by atoms with Crippen molar-refractivity contribution in [1.82, 2.24) is 0 Å². The van der Waals surface area contributed by atoms with Crippen molar-refractivity contribution < 1.29 is 4.74 Å². The van der Waals surface area contributed by atoms with Gasteiger partial charge in [-0.15, -0.1) is 0 Å². The van der Waals surface area contributed by atoms with Crippen molar-refractivity contribution in [2.45, 2.75) is 52.0 Å². The molecule has 2 nitrogen and oxygen atoms in total. The van der Waals surface area contributed by atoms with Gasteiger partial charge in [0.2, 0.25) is 0 Å². The maximum absolute atomic E-state index is 5.96. The molecule has 0 spiro atoms. The van der Waals surface area contributed by atoms with Crippen molar-refractivity contribution in [1.29, 1.82) is 0 Å². The second-order valence-electron chi connectivity index (χ2n) is 4.49. The summed E-state index contributed by atoms with van der Waals surface area (Å²) in [4.78, 5) is 0. The van der Waals surface area contributed by atoms with Gasteiger partial charge in [0.15, 0.2) is 0 Å². The average Bonchev–Trinajstić information content (AvgIpc) is 2.38. The Kier molecular flexibility index (Phi) is 6.71. The van der Waals surface area contributed by atoms with E-state index < -0.39 is 0 Å². The molecule has 1 aromatic carbocycles. The van der Waals surface area contributed by atoms with Crippen LogP contribution in [0.5, 0.6) is 5.75 Å². The third kappa shape index (κ3) is 5.22. The lowest BCUT2D eigenvalue weighted by molar-refractivity contribution is 0.305. The highest BCUT2D eigenvalue weighted by atomic mass is 16.5. The van der Waals surface area contributed by atoms with Gasteiger partial charge in [-0.3, -0.25) is 0 Å². The van der Waals surface area contributed by atoms with Gasteiger partial charge < -0.3 is 10.5 Å². The van der Waals surface area contributed by atoms with Crippen LogP contribution in [0.1, 0.15) is 57.6 Å². The van der Waals surface area contributed by atoms with Crippen LogP contribution in [-0.2, 0) is 0 Å². The monoisotopic (exact) mass is 235 g/mol. The molecule has 0 heterocycles. The molecule has 2 heteroatoms. The Morgan fingerprint density at radius 2 is 1.76 bits per heavy atom. The summed E-state index contributed by atoms with van der Waals surface area (Å²) in [5, 5.41) is 0. The third-order valence-electron chi connectivity index (χ3n) is 3.01. The first-order valence-electron chi connectivity index (χ1n) is 6.76. The van der Waals surface area contributed by atoms with Crippen molar-refractivity contribution in [2.75, 3.05) is 6.61 Å². The number of ether oxygens (including phenoxy) is 1. The van der Waals surface area contributed by atoms with E-state index in [1.54, 1.807) is 0 Å². The summed E-state index contributed by atoms with van der Waals surface area (Å²) in [5.74, 6) is 0.952. The molecule has 0 fully saturated rings. The maximum atomic E-state index is 5.96. The van der Waals surface area contributed by atoms with Crippen LogP contribution >= 0.6 is 0 Å². The van der Waals surface area contributed by atoms with E-state index in [0.29, 0.717) is 0 Å². The molecular formula is C15H25NO. The van der Waals surface area contributed by atoms with Crippen LogP contribution in [0.15, 0.2) is 24.3 Å². The molecule has 0 aliphatic rings. The van der Waals surface area contributed by atoms with Gasteiger partial charge in [0.25, 0.3) is 0 Å². The van der Waals surface area contributed by atoms with Gasteiger partial charge in [0, 0.05) is 6.04 Å². The summed E-state index contributed by atoms with van der Waals surface area (Å²) in [7, 11) is 0. The maximum Gasteiger partial charge on any atom is 0.119 e. The van der Waals surface area contributed by atoms with Crippen molar-refractivity contribution in [2.24, 2.45) is 5.73 Å². The highest BCUT2D eigenvalue weighted by Gasteiger charge is 2.02. The first kappa shape index (κ1) is 14.0. The molecule has 0 saturated carbocycles. The summed E-state index contributed by atoms with van der Waals surface area (Å²) >= 11 is 0. The summed E-state index contributed by atoms with van der Waals surface area (Å²) in [5.41, 5.74) is 7.14. The van der Waals surface area contributed by atoms with E-state index in [0.717, 1.165) is 25.2 Å². The van der Waals surface area contributed by atoms with Crippen LogP contribution in [0.3, 0.4) is 0 Å². The molecule has 0 aromatic heterocycles. The van der Waals surface area contributed by atoms with Gasteiger partial charge >= 0.3 is 0 Å². The van der Waals surface area contributed by atoms with E-state index in [2.05, 4.69) is 26.0 Å². The Balaban J connectivity index is 2.30. The Bertz CT molecular complexity index is 294. The molecule has 0 bridgehead atoms. The fourth-order valence-corrected chi connectivity index (χ4v) is 1.77. The number of hydrogen-bond acceptors (Lipinski definition) is 2. The summed E-state index contributed by atoms with van der Waals surface area (Å²) in [6.45, 7) is 5.14. The average molecular weight is 235 g/mol. The van der Waals surface area contributed by atoms with E-state index in [9.17, 15) is 0 Å². The minimum absolute atomic E-state index is 0.147. The lowest BCUT2D eigenvalue weighted by Gasteiger charge is -2.10. The Hall–Kier alpha value is -1.02. The second-order valence-corrected chi connectivity index (χ2v) is 4.49. The molecule has 0 aliphatic heterocycles. The largest absolute Gasteiger partial charge is 0.494 e. The van der Waals surface area contributed by atoms with E-state index in [-0.39, 0.29) is 6.04 Å². The van der Waals surface area contributed by atoms with Crippen molar-refractivity contribution in [3.05, 3.63) is 29.8 Å². The lowest BCUT2D eigenvalue weighted by Crippen LogP contribution is -2.08. The lowest BCUT2D eigenvalue weighted by atomic mass is 10.1. The first-order valence-corrected chi connectivity index (χ1v) is 6.76. The highest BCUT2D eigenvalue weighted by Crippen LogP contribution is 2.18. The van der Waals surface area contributed by atoms with Gasteiger partial charge in [0.05, 0.1) is 6.61 Å². The molecule has 0 unspecified atom stereocenters. The van der Waals surface area contributed by atoms with Gasteiger partial charge in [-0.2, -0.15) is 0 Å². The molecule has 2 N–H and O–H groups in total. The number of hydrogen-bond donors (Lipinski definition) is 1. The van der Waals surface area contributed by atoms with Crippen LogP contribution in [-0.4, -0.2) is 6.61 Å². The SMILES string of the molecule is CCCCCCOc1ccc([C@@H](N)CC)cc1. The first-order chi connectivity index (χ1) is 8.27. The zero-order valence-electron chi connectivity index (χ0n) is 11.1. The third-order valence-corrected chi connectivity index (χ3v) is 3.01. The van der Waals surface area contributed by atoms with Gasteiger partial charge in [-0.25, -0.2) is 0 Å². The number of benzene rings is 1. The Morgan fingerprint density at radius 3 is 2.35 bits per heavy atom. The van der Waals surface area contributed by atoms with Crippen molar-refractivity contribution in [3.63, 3.8) is 0 Å². The normalized spacial score (nSPS) is 12.4. The molecule has 1 atom stereocenters. The van der Waals surface area contributed by atoms with Crippen LogP contribution in [0.2, 0.25) is 0 Å². The molecule has 17 heavy (non-hydrogen) atoms. The summed E-state index contributed by atoms with van der Waals surface area (Å²) in [6, 6.07) is 8.31. The van der Waals surface area contributed by atoms with Crippen LogP contribution in [0.4, 0.5) is 0 Å².